The highest BCUT2D eigenvalue weighted by molar-refractivity contribution is 5.87. The molecule has 0 amide bonds. The third-order valence-corrected chi connectivity index (χ3v) is 5.08. The molecule has 0 bridgehead atoms. The fourth-order valence-corrected chi connectivity index (χ4v) is 3.67. The smallest absolute Gasteiger partial charge is 0.292 e. The number of hydrogen-bond acceptors (Lipinski definition) is 2. The number of benzene rings is 2. The average molecular weight is 400 g/mol. The number of imidazole rings is 1. The summed E-state index contributed by atoms with van der Waals surface area (Å²) in [6.45, 7) is 4.90. The Bertz CT molecular complexity index is 1250. The lowest BCUT2D eigenvalue weighted by Gasteiger charge is -2.09. The molecule has 1 N–H and O–H groups in total. The number of H-pyrrole nitrogens is 1. The Morgan fingerprint density at radius 1 is 0.966 bits per heavy atom. The van der Waals surface area contributed by atoms with Gasteiger partial charge in [-0.15, -0.1) is 0 Å². The molecular weight excluding hydrogens is 381 g/mol. The van der Waals surface area contributed by atoms with Gasteiger partial charge in [-0.05, 0) is 43.7 Å². The zero-order chi connectivity index (χ0) is 20.8. The minimum Gasteiger partial charge on any atom is -0.292 e. The number of rotatable bonds is 4. The molecule has 29 heavy (non-hydrogen) atoms. The number of alkyl halides is 3. The molecule has 0 radical (unpaired) electrons. The average Bonchev–Trinajstić information content (AvgIpc) is 3.28. The predicted octanol–water partition coefficient (Wildman–Crippen LogP) is 4.92. The van der Waals surface area contributed by atoms with Gasteiger partial charge < -0.3 is 0 Å². The fraction of sp³-hybridized carbons (Fsp3) is 0.238. The van der Waals surface area contributed by atoms with Crippen molar-refractivity contribution < 1.29 is 13.2 Å². The maximum Gasteiger partial charge on any atom is 0.416 e. The molecule has 0 fully saturated rings. The first-order chi connectivity index (χ1) is 13.8. The number of fused-ring (bicyclic) bond motifs is 1. The number of aryl methyl sites for hydroxylation is 2. The second kappa shape index (κ2) is 6.95. The summed E-state index contributed by atoms with van der Waals surface area (Å²) in [5.74, 6) is 0. The van der Waals surface area contributed by atoms with Crippen LogP contribution in [0, 0.1) is 0 Å². The molecule has 4 rings (SSSR count). The van der Waals surface area contributed by atoms with Crippen molar-refractivity contribution in [2.45, 2.75) is 33.1 Å². The number of aromatic amines is 1. The minimum absolute atomic E-state index is 0.0764. The predicted molar refractivity (Wildman–Crippen MR) is 106 cm³/mol. The summed E-state index contributed by atoms with van der Waals surface area (Å²) in [4.78, 5) is 12.6. The molecule has 0 aliphatic carbocycles. The Hall–Kier alpha value is -3.29. The molecule has 0 saturated carbocycles. The van der Waals surface area contributed by atoms with E-state index in [2.05, 4.69) is 10.2 Å². The maximum atomic E-state index is 13.1. The SMILES string of the molecule is CCn1c(=O)n(CC)c2cc(-c3cn[nH]c3-c3cccc(C(F)(F)F)c3)ccc21. The van der Waals surface area contributed by atoms with Gasteiger partial charge in [-0.1, -0.05) is 18.2 Å². The van der Waals surface area contributed by atoms with Crippen LogP contribution in [0.2, 0.25) is 0 Å². The first-order valence-electron chi connectivity index (χ1n) is 9.29. The molecule has 8 heteroatoms. The number of halogens is 3. The molecule has 0 saturated heterocycles. The van der Waals surface area contributed by atoms with Crippen molar-refractivity contribution in [2.75, 3.05) is 0 Å². The zero-order valence-corrected chi connectivity index (χ0v) is 15.9. The van der Waals surface area contributed by atoms with Crippen LogP contribution < -0.4 is 5.69 Å². The standard InChI is InChI=1S/C21H19F3N4O/c1-3-27-17-9-8-13(11-18(17)28(4-2)20(27)29)16-12-25-26-19(16)14-6-5-7-15(10-14)21(22,23)24/h5-12H,3-4H2,1-2H3,(H,25,26). The first kappa shape index (κ1) is 19.0. The minimum atomic E-state index is -4.42. The number of nitrogens with one attached hydrogen (secondary N) is 1. The van der Waals surface area contributed by atoms with Gasteiger partial charge in [-0.25, -0.2) is 4.79 Å². The number of aromatic nitrogens is 4. The lowest BCUT2D eigenvalue weighted by Crippen LogP contribution is -2.22. The molecule has 2 aromatic heterocycles. The molecule has 0 aliphatic heterocycles. The van der Waals surface area contributed by atoms with Crippen LogP contribution in [0.4, 0.5) is 13.2 Å². The lowest BCUT2D eigenvalue weighted by atomic mass is 10.00. The van der Waals surface area contributed by atoms with E-state index in [1.165, 1.54) is 6.07 Å². The van der Waals surface area contributed by atoms with E-state index in [0.717, 1.165) is 28.7 Å². The van der Waals surface area contributed by atoms with Crippen LogP contribution >= 0.6 is 0 Å². The summed E-state index contributed by atoms with van der Waals surface area (Å²) in [6.07, 6.45) is -2.84. The van der Waals surface area contributed by atoms with Crippen LogP contribution in [-0.2, 0) is 19.3 Å². The molecule has 150 valence electrons. The lowest BCUT2D eigenvalue weighted by molar-refractivity contribution is -0.137. The topological polar surface area (TPSA) is 55.6 Å². The van der Waals surface area contributed by atoms with Crippen molar-refractivity contribution in [2.24, 2.45) is 0 Å². The Labute approximate surface area is 164 Å². The van der Waals surface area contributed by atoms with Gasteiger partial charge in [0.05, 0.1) is 28.5 Å². The van der Waals surface area contributed by atoms with E-state index in [1.807, 2.05) is 32.0 Å². The third kappa shape index (κ3) is 3.14. The van der Waals surface area contributed by atoms with Crippen molar-refractivity contribution >= 4 is 11.0 Å². The van der Waals surface area contributed by atoms with E-state index in [0.29, 0.717) is 29.9 Å². The van der Waals surface area contributed by atoms with Crippen LogP contribution in [0.15, 0.2) is 53.5 Å². The Morgan fingerprint density at radius 2 is 1.69 bits per heavy atom. The van der Waals surface area contributed by atoms with Crippen LogP contribution in [-0.4, -0.2) is 19.3 Å². The monoisotopic (exact) mass is 400 g/mol. The molecule has 0 unspecified atom stereocenters. The van der Waals surface area contributed by atoms with Crippen molar-refractivity contribution in [3.8, 4) is 22.4 Å². The Morgan fingerprint density at radius 3 is 2.38 bits per heavy atom. The molecule has 0 aliphatic rings. The first-order valence-corrected chi connectivity index (χ1v) is 9.29. The molecule has 2 aromatic carbocycles. The van der Waals surface area contributed by atoms with E-state index in [4.69, 9.17) is 0 Å². The largest absolute Gasteiger partial charge is 0.416 e. The molecule has 4 aromatic rings. The van der Waals surface area contributed by atoms with Crippen molar-refractivity contribution in [1.29, 1.82) is 0 Å². The van der Waals surface area contributed by atoms with Crippen LogP contribution in [0.5, 0.6) is 0 Å². The van der Waals surface area contributed by atoms with Crippen molar-refractivity contribution in [3.05, 3.63) is 64.7 Å². The number of hydrogen-bond donors (Lipinski definition) is 1. The molecule has 0 atom stereocenters. The van der Waals surface area contributed by atoms with Crippen LogP contribution in [0.1, 0.15) is 19.4 Å². The van der Waals surface area contributed by atoms with Gasteiger partial charge in [0.15, 0.2) is 0 Å². The Balaban J connectivity index is 1.87. The molecule has 5 nitrogen and oxygen atoms in total. The van der Waals surface area contributed by atoms with E-state index in [1.54, 1.807) is 21.4 Å². The van der Waals surface area contributed by atoms with Gasteiger partial charge in [0.1, 0.15) is 0 Å². The summed E-state index contributed by atoms with van der Waals surface area (Å²) in [5.41, 5.74) is 3.15. The highest BCUT2D eigenvalue weighted by atomic mass is 19.4. The second-order valence-corrected chi connectivity index (χ2v) is 6.71. The van der Waals surface area contributed by atoms with Gasteiger partial charge in [0.2, 0.25) is 0 Å². The second-order valence-electron chi connectivity index (χ2n) is 6.71. The van der Waals surface area contributed by atoms with Gasteiger partial charge >= 0.3 is 11.9 Å². The Kier molecular flexibility index (Phi) is 4.56. The number of nitrogens with zero attached hydrogens (tertiary/aromatic N) is 3. The summed E-state index contributed by atoms with van der Waals surface area (Å²) < 4.78 is 42.7. The van der Waals surface area contributed by atoms with Gasteiger partial charge in [-0.2, -0.15) is 18.3 Å². The van der Waals surface area contributed by atoms with E-state index in [9.17, 15) is 18.0 Å². The van der Waals surface area contributed by atoms with Gasteiger partial charge in [0, 0.05) is 24.2 Å². The summed E-state index contributed by atoms with van der Waals surface area (Å²) in [5, 5.41) is 6.86. The molecule has 0 spiro atoms. The highest BCUT2D eigenvalue weighted by Gasteiger charge is 2.30. The van der Waals surface area contributed by atoms with E-state index < -0.39 is 11.7 Å². The van der Waals surface area contributed by atoms with Gasteiger partial charge in [-0.3, -0.25) is 14.2 Å². The quantitative estimate of drug-likeness (QED) is 0.529. The summed E-state index contributed by atoms with van der Waals surface area (Å²) in [7, 11) is 0. The zero-order valence-electron chi connectivity index (χ0n) is 15.9. The normalized spacial score (nSPS) is 12.0. The van der Waals surface area contributed by atoms with Crippen molar-refractivity contribution in [1.82, 2.24) is 19.3 Å². The van der Waals surface area contributed by atoms with E-state index in [-0.39, 0.29) is 5.69 Å². The highest BCUT2D eigenvalue weighted by Crippen LogP contribution is 2.35. The molecular formula is C21H19F3N4O. The maximum absolute atomic E-state index is 13.1. The van der Waals surface area contributed by atoms with E-state index >= 15 is 0 Å². The van der Waals surface area contributed by atoms with Gasteiger partial charge in [0.25, 0.3) is 0 Å². The van der Waals surface area contributed by atoms with Crippen LogP contribution in [0.3, 0.4) is 0 Å². The summed E-state index contributed by atoms with van der Waals surface area (Å²) in [6, 6.07) is 10.7. The molecule has 2 heterocycles. The van der Waals surface area contributed by atoms with Crippen molar-refractivity contribution in [3.63, 3.8) is 0 Å². The third-order valence-electron chi connectivity index (χ3n) is 5.08. The summed E-state index contributed by atoms with van der Waals surface area (Å²) >= 11 is 0. The van der Waals surface area contributed by atoms with Crippen LogP contribution in [0.25, 0.3) is 33.4 Å². The fourth-order valence-electron chi connectivity index (χ4n) is 3.67.